The summed E-state index contributed by atoms with van der Waals surface area (Å²) < 4.78 is 35.5. The second kappa shape index (κ2) is 10.0. The van der Waals surface area contributed by atoms with Gasteiger partial charge in [0.25, 0.3) is 5.91 Å². The maximum atomic E-state index is 14.6. The highest BCUT2D eigenvalue weighted by Crippen LogP contribution is 2.41. The van der Waals surface area contributed by atoms with E-state index in [4.69, 9.17) is 16.3 Å². The number of carbonyl (C=O) groups is 1. The van der Waals surface area contributed by atoms with Crippen LogP contribution in [0.4, 0.5) is 8.78 Å². The number of hydrogen-bond donors (Lipinski definition) is 0. The van der Waals surface area contributed by atoms with Crippen LogP contribution in [0.5, 0.6) is 5.75 Å². The lowest BCUT2D eigenvalue weighted by Crippen LogP contribution is -2.40. The Morgan fingerprint density at radius 1 is 1.03 bits per heavy atom. The van der Waals surface area contributed by atoms with Crippen molar-refractivity contribution >= 4 is 38.9 Å². The normalized spacial score (nSPS) is 19.8. The third-order valence-corrected chi connectivity index (χ3v) is 9.15. The van der Waals surface area contributed by atoms with Gasteiger partial charge in [0.2, 0.25) is 0 Å². The van der Waals surface area contributed by atoms with Crippen molar-refractivity contribution in [2.45, 2.75) is 44.7 Å². The molecule has 1 amide bonds. The van der Waals surface area contributed by atoms with Crippen LogP contribution < -0.4 is 4.74 Å². The van der Waals surface area contributed by atoms with E-state index in [1.165, 1.54) is 0 Å². The Kier molecular flexibility index (Phi) is 6.59. The Morgan fingerprint density at radius 3 is 2.62 bits per heavy atom. The van der Waals surface area contributed by atoms with Gasteiger partial charge in [-0.05, 0) is 72.7 Å². The maximum absolute atomic E-state index is 14.6. The number of thiophene rings is 1. The molecule has 6 rings (SSSR count). The summed E-state index contributed by atoms with van der Waals surface area (Å²) in [6.45, 7) is 0.917. The number of carbonyl (C=O) groups excluding carboxylic acids is 1. The maximum Gasteiger partial charge on any atom is 0.266 e. The first-order chi connectivity index (χ1) is 18.0. The van der Waals surface area contributed by atoms with Gasteiger partial charge in [0, 0.05) is 30.5 Å². The first-order valence-electron chi connectivity index (χ1n) is 12.5. The second-order valence-corrected chi connectivity index (χ2v) is 11.2. The molecule has 2 bridgehead atoms. The molecule has 190 valence electrons. The Hall–Kier alpha value is -3.03. The van der Waals surface area contributed by atoms with Crippen LogP contribution in [0.3, 0.4) is 0 Å². The van der Waals surface area contributed by atoms with Crippen molar-refractivity contribution in [3.05, 3.63) is 82.0 Å². The zero-order chi connectivity index (χ0) is 25.5. The smallest absolute Gasteiger partial charge is 0.266 e. The highest BCUT2D eigenvalue weighted by atomic mass is 35.5. The SMILES string of the molecule is O=C(c1sc2c(F)ccc(F)c2c1Cl)N1Cc2cc(-c3ccncc3)ccc2OCC2CCCC[C@H]1C2. The fraction of sp³-hybridized carbons (Fsp3) is 0.310. The van der Waals surface area contributed by atoms with Crippen molar-refractivity contribution < 1.29 is 18.3 Å². The van der Waals surface area contributed by atoms with E-state index in [1.807, 2.05) is 29.2 Å². The molecule has 1 unspecified atom stereocenters. The molecule has 4 nitrogen and oxygen atoms in total. The molecule has 8 heteroatoms. The molecule has 0 spiro atoms. The molecule has 0 radical (unpaired) electrons. The predicted molar refractivity (Wildman–Crippen MR) is 142 cm³/mol. The van der Waals surface area contributed by atoms with Crippen molar-refractivity contribution in [1.82, 2.24) is 9.88 Å². The van der Waals surface area contributed by atoms with E-state index in [2.05, 4.69) is 11.1 Å². The van der Waals surface area contributed by atoms with Gasteiger partial charge in [-0.3, -0.25) is 9.78 Å². The standard InChI is InChI=1S/C29H25ClF2N2O2S/c30-26-25-22(31)6-7-23(32)27(25)37-28(26)29(35)34-15-20-14-19(18-9-11-33-12-10-18)5-8-24(20)36-16-17-3-1-2-4-21(34)13-17/h5-12,14,17,21H,1-4,13,15-16H2/t17?,21-/m0/s1. The molecule has 4 aromatic rings. The molecule has 2 atom stereocenters. The van der Waals surface area contributed by atoms with E-state index in [1.54, 1.807) is 12.4 Å². The van der Waals surface area contributed by atoms with Crippen LogP contribution in [0.2, 0.25) is 5.02 Å². The number of rotatable bonds is 2. The Labute approximate surface area is 222 Å². The van der Waals surface area contributed by atoms with Gasteiger partial charge in [-0.1, -0.05) is 30.5 Å². The number of nitrogens with zero attached hydrogens (tertiary/aromatic N) is 2. The molecule has 2 aromatic heterocycles. The summed E-state index contributed by atoms with van der Waals surface area (Å²) in [6, 6.07) is 12.0. The molecule has 0 saturated heterocycles. The second-order valence-electron chi connectivity index (χ2n) is 9.82. The zero-order valence-corrected chi connectivity index (χ0v) is 21.6. The quantitative estimate of drug-likeness (QED) is 0.261. The predicted octanol–water partition coefficient (Wildman–Crippen LogP) is 7.88. The van der Waals surface area contributed by atoms with Crippen LogP contribution in [-0.4, -0.2) is 28.4 Å². The number of ether oxygens (including phenoxy) is 1. The highest BCUT2D eigenvalue weighted by Gasteiger charge is 2.34. The molecule has 37 heavy (non-hydrogen) atoms. The third-order valence-electron chi connectivity index (χ3n) is 7.47. The van der Waals surface area contributed by atoms with Crippen LogP contribution in [0, 0.1) is 17.6 Å². The molecular formula is C29H25ClF2N2O2S. The molecule has 3 heterocycles. The number of hydrogen-bond acceptors (Lipinski definition) is 4. The number of halogens is 3. The number of benzene rings is 2. The molecule has 2 aromatic carbocycles. The average molecular weight is 539 g/mol. The van der Waals surface area contributed by atoms with Crippen LogP contribution >= 0.6 is 22.9 Å². The fourth-order valence-corrected chi connectivity index (χ4v) is 7.06. The summed E-state index contributed by atoms with van der Waals surface area (Å²) in [5.41, 5.74) is 2.91. The minimum atomic E-state index is -0.628. The first-order valence-corrected chi connectivity index (χ1v) is 13.7. The van der Waals surface area contributed by atoms with Crippen molar-refractivity contribution in [1.29, 1.82) is 0 Å². The van der Waals surface area contributed by atoms with Crippen molar-refractivity contribution in [2.75, 3.05) is 6.61 Å². The van der Waals surface area contributed by atoms with Crippen LogP contribution in [0.1, 0.15) is 47.3 Å². The largest absolute Gasteiger partial charge is 0.493 e. The van der Waals surface area contributed by atoms with Crippen LogP contribution in [0.15, 0.2) is 54.9 Å². The van der Waals surface area contributed by atoms with Gasteiger partial charge in [0.05, 0.1) is 21.7 Å². The van der Waals surface area contributed by atoms with E-state index < -0.39 is 11.6 Å². The zero-order valence-electron chi connectivity index (χ0n) is 20.1. The van der Waals surface area contributed by atoms with Gasteiger partial charge in [-0.2, -0.15) is 0 Å². The lowest BCUT2D eigenvalue weighted by molar-refractivity contribution is 0.0632. The van der Waals surface area contributed by atoms with Crippen LogP contribution in [0.25, 0.3) is 21.2 Å². The molecular weight excluding hydrogens is 514 g/mol. The minimum absolute atomic E-state index is 0.0184. The summed E-state index contributed by atoms with van der Waals surface area (Å²) >= 11 is 7.48. The molecule has 1 saturated carbocycles. The molecule has 2 aliphatic rings. The Balaban J connectivity index is 1.45. The van der Waals surface area contributed by atoms with Gasteiger partial charge in [-0.25, -0.2) is 8.78 Å². The number of amides is 1. The Morgan fingerprint density at radius 2 is 1.81 bits per heavy atom. The highest BCUT2D eigenvalue weighted by molar-refractivity contribution is 7.21. The summed E-state index contributed by atoms with van der Waals surface area (Å²) in [5, 5.41) is -0.0456. The lowest BCUT2D eigenvalue weighted by Gasteiger charge is -2.32. The molecule has 1 fully saturated rings. The Bertz CT molecular complexity index is 1480. The van der Waals surface area contributed by atoms with E-state index >= 15 is 0 Å². The number of pyridine rings is 1. The van der Waals surface area contributed by atoms with Crippen molar-refractivity contribution in [3.63, 3.8) is 0 Å². The van der Waals surface area contributed by atoms with E-state index in [9.17, 15) is 13.6 Å². The average Bonchev–Trinajstić information content (AvgIpc) is 3.14. The topological polar surface area (TPSA) is 42.4 Å². The summed E-state index contributed by atoms with van der Waals surface area (Å²) in [5.74, 6) is -0.431. The van der Waals surface area contributed by atoms with Gasteiger partial charge >= 0.3 is 0 Å². The molecule has 0 N–H and O–H groups in total. The molecule has 1 aliphatic heterocycles. The minimum Gasteiger partial charge on any atom is -0.493 e. The lowest BCUT2D eigenvalue weighted by atomic mass is 9.97. The number of aromatic nitrogens is 1. The van der Waals surface area contributed by atoms with Gasteiger partial charge < -0.3 is 9.64 Å². The summed E-state index contributed by atoms with van der Waals surface area (Å²) in [6.07, 6.45) is 8.33. The summed E-state index contributed by atoms with van der Waals surface area (Å²) in [4.78, 5) is 20.3. The van der Waals surface area contributed by atoms with Crippen molar-refractivity contribution in [3.8, 4) is 16.9 Å². The third kappa shape index (κ3) is 4.59. The monoisotopic (exact) mass is 538 g/mol. The van der Waals surface area contributed by atoms with Gasteiger partial charge in [0.1, 0.15) is 22.3 Å². The first kappa shape index (κ1) is 24.3. The van der Waals surface area contributed by atoms with Gasteiger partial charge in [-0.15, -0.1) is 11.3 Å². The van der Waals surface area contributed by atoms with Crippen LogP contribution in [-0.2, 0) is 6.54 Å². The summed E-state index contributed by atoms with van der Waals surface area (Å²) in [7, 11) is 0. The van der Waals surface area contributed by atoms with Gasteiger partial charge in [0.15, 0.2) is 0 Å². The molecule has 1 aliphatic carbocycles. The van der Waals surface area contributed by atoms with E-state index in [0.29, 0.717) is 19.1 Å². The van der Waals surface area contributed by atoms with Crippen molar-refractivity contribution in [2.24, 2.45) is 5.92 Å². The fourth-order valence-electron chi connectivity index (χ4n) is 5.56. The van der Waals surface area contributed by atoms with E-state index in [-0.39, 0.29) is 31.9 Å². The van der Waals surface area contributed by atoms with E-state index in [0.717, 1.165) is 78.0 Å². The number of fused-ring (bicyclic) bond motifs is 4.